The molecule has 0 radical (unpaired) electrons. The highest BCUT2D eigenvalue weighted by molar-refractivity contribution is 7.90. The molecule has 1 aromatic carbocycles. The topological polar surface area (TPSA) is 75.8 Å². The van der Waals surface area contributed by atoms with Gasteiger partial charge >= 0.3 is 0 Å². The number of sulfone groups is 1. The van der Waals surface area contributed by atoms with E-state index >= 15 is 0 Å². The Kier molecular flexibility index (Phi) is 5.83. The van der Waals surface area contributed by atoms with E-state index < -0.39 is 9.84 Å². The average molecular weight is 323 g/mol. The molecule has 122 valence electrons. The molecule has 0 atom stereocenters. The Labute approximate surface area is 133 Å². The quantitative estimate of drug-likeness (QED) is 0.677. The summed E-state index contributed by atoms with van der Waals surface area (Å²) in [6, 6.07) is 6.97. The van der Waals surface area contributed by atoms with Crippen LogP contribution in [0.15, 0.2) is 34.2 Å². The fourth-order valence-corrected chi connectivity index (χ4v) is 3.23. The van der Waals surface area contributed by atoms with Gasteiger partial charge < -0.3 is 10.6 Å². The molecular formula is C16H25N3O2S. The van der Waals surface area contributed by atoms with Crippen molar-refractivity contribution in [2.75, 3.05) is 25.9 Å². The van der Waals surface area contributed by atoms with Gasteiger partial charge in [0.15, 0.2) is 15.8 Å². The summed E-state index contributed by atoms with van der Waals surface area (Å²) in [4.78, 5) is 6.98. The maximum Gasteiger partial charge on any atom is 0.191 e. The maximum absolute atomic E-state index is 11.4. The molecule has 2 N–H and O–H groups in total. The zero-order chi connectivity index (χ0) is 16.0. The zero-order valence-electron chi connectivity index (χ0n) is 13.2. The van der Waals surface area contributed by atoms with Crippen LogP contribution in [0.2, 0.25) is 0 Å². The van der Waals surface area contributed by atoms with Crippen molar-refractivity contribution in [3.8, 4) is 0 Å². The van der Waals surface area contributed by atoms with Gasteiger partial charge in [-0.2, -0.15) is 0 Å². The van der Waals surface area contributed by atoms with E-state index in [2.05, 4.69) is 9.89 Å². The zero-order valence-corrected chi connectivity index (χ0v) is 14.0. The Morgan fingerprint density at radius 2 is 1.73 bits per heavy atom. The van der Waals surface area contributed by atoms with E-state index in [9.17, 15) is 8.42 Å². The molecule has 1 aliphatic rings. The smallest absolute Gasteiger partial charge is 0.191 e. The largest absolute Gasteiger partial charge is 0.370 e. The second-order valence-corrected chi connectivity index (χ2v) is 7.82. The first kappa shape index (κ1) is 16.8. The van der Waals surface area contributed by atoms with Crippen LogP contribution in [0.4, 0.5) is 0 Å². The Morgan fingerprint density at radius 3 is 2.27 bits per heavy atom. The van der Waals surface area contributed by atoms with Gasteiger partial charge in [-0.15, -0.1) is 0 Å². The second kappa shape index (κ2) is 7.63. The van der Waals surface area contributed by atoms with Gasteiger partial charge in [-0.1, -0.05) is 25.0 Å². The van der Waals surface area contributed by atoms with Crippen molar-refractivity contribution in [2.45, 2.75) is 37.0 Å². The van der Waals surface area contributed by atoms with Gasteiger partial charge in [-0.25, -0.2) is 8.42 Å². The highest BCUT2D eigenvalue weighted by atomic mass is 32.2. The lowest BCUT2D eigenvalue weighted by atomic mass is 10.1. The van der Waals surface area contributed by atoms with Gasteiger partial charge in [-0.3, -0.25) is 4.99 Å². The highest BCUT2D eigenvalue weighted by Crippen LogP contribution is 2.11. The third-order valence-corrected chi connectivity index (χ3v) is 5.08. The average Bonchev–Trinajstić information content (AvgIpc) is 2.76. The normalized spacial score (nSPS) is 17.3. The number of aliphatic imine (C=N–C) groups is 1. The summed E-state index contributed by atoms with van der Waals surface area (Å²) in [6.45, 7) is 2.62. The van der Waals surface area contributed by atoms with E-state index in [0.29, 0.717) is 17.4 Å². The second-order valence-electron chi connectivity index (χ2n) is 5.81. The first-order chi connectivity index (χ1) is 10.5. The number of rotatable bonds is 4. The lowest BCUT2D eigenvalue weighted by Crippen LogP contribution is -2.38. The Hall–Kier alpha value is -1.56. The van der Waals surface area contributed by atoms with Gasteiger partial charge in [0.1, 0.15) is 0 Å². The Balaban J connectivity index is 1.88. The van der Waals surface area contributed by atoms with E-state index in [0.717, 1.165) is 25.1 Å². The van der Waals surface area contributed by atoms with Crippen molar-refractivity contribution in [3.63, 3.8) is 0 Å². The van der Waals surface area contributed by atoms with Crippen molar-refractivity contribution in [1.29, 1.82) is 0 Å². The van der Waals surface area contributed by atoms with Crippen LogP contribution in [0.1, 0.15) is 31.2 Å². The monoisotopic (exact) mass is 323 g/mol. The molecule has 6 heteroatoms. The summed E-state index contributed by atoms with van der Waals surface area (Å²) < 4.78 is 22.8. The van der Waals surface area contributed by atoms with E-state index in [-0.39, 0.29) is 0 Å². The Morgan fingerprint density at radius 1 is 1.14 bits per heavy atom. The third kappa shape index (κ3) is 5.02. The maximum atomic E-state index is 11.4. The van der Waals surface area contributed by atoms with Crippen LogP contribution in [-0.4, -0.2) is 45.2 Å². The molecule has 0 bridgehead atoms. The third-order valence-electron chi connectivity index (χ3n) is 3.96. The molecule has 0 saturated carbocycles. The molecule has 1 aromatic rings. The van der Waals surface area contributed by atoms with Crippen LogP contribution in [0.5, 0.6) is 0 Å². The standard InChI is InChI=1S/C16H25N3O2S/c1-22(20,21)15-8-6-14(7-9-15)10-11-18-16(17)19-12-4-2-3-5-13-19/h6-9H,2-5,10-13H2,1H3,(H2,17,18). The fraction of sp³-hybridized carbons (Fsp3) is 0.562. The van der Waals surface area contributed by atoms with Crippen LogP contribution in [0.3, 0.4) is 0 Å². The van der Waals surface area contributed by atoms with Crippen molar-refractivity contribution >= 4 is 15.8 Å². The minimum absolute atomic E-state index is 0.351. The number of likely N-dealkylation sites (tertiary alicyclic amines) is 1. The lowest BCUT2D eigenvalue weighted by molar-refractivity contribution is 0.428. The number of hydrogen-bond acceptors (Lipinski definition) is 3. The molecule has 0 aliphatic carbocycles. The van der Waals surface area contributed by atoms with Gasteiger partial charge in [-0.05, 0) is 37.0 Å². The van der Waals surface area contributed by atoms with Gasteiger partial charge in [0.25, 0.3) is 0 Å². The van der Waals surface area contributed by atoms with Gasteiger partial charge in [0.05, 0.1) is 4.90 Å². The number of nitrogens with two attached hydrogens (primary N) is 1. The molecule has 1 fully saturated rings. The summed E-state index contributed by atoms with van der Waals surface area (Å²) >= 11 is 0. The van der Waals surface area contributed by atoms with Crippen LogP contribution in [0.25, 0.3) is 0 Å². The number of benzene rings is 1. The van der Waals surface area contributed by atoms with Gasteiger partial charge in [0.2, 0.25) is 0 Å². The van der Waals surface area contributed by atoms with Gasteiger partial charge in [0, 0.05) is 25.9 Å². The Bertz CT molecular complexity index is 601. The van der Waals surface area contributed by atoms with Crippen molar-refractivity contribution in [2.24, 2.45) is 10.7 Å². The van der Waals surface area contributed by atoms with Crippen LogP contribution in [-0.2, 0) is 16.3 Å². The number of hydrogen-bond donors (Lipinski definition) is 1. The molecule has 1 aliphatic heterocycles. The van der Waals surface area contributed by atoms with E-state index in [4.69, 9.17) is 5.73 Å². The molecule has 1 saturated heterocycles. The molecule has 0 aromatic heterocycles. The van der Waals surface area contributed by atoms with Crippen LogP contribution in [0, 0.1) is 0 Å². The predicted octanol–water partition coefficient (Wildman–Crippen LogP) is 1.82. The molecular weight excluding hydrogens is 298 g/mol. The first-order valence-corrected chi connectivity index (χ1v) is 9.70. The summed E-state index contributed by atoms with van der Waals surface area (Å²) in [5.74, 6) is 0.634. The van der Waals surface area contributed by atoms with Crippen LogP contribution >= 0.6 is 0 Å². The molecule has 0 unspecified atom stereocenters. The van der Waals surface area contributed by atoms with E-state index in [1.807, 2.05) is 12.1 Å². The predicted molar refractivity (Wildman–Crippen MR) is 89.8 cm³/mol. The highest BCUT2D eigenvalue weighted by Gasteiger charge is 2.10. The lowest BCUT2D eigenvalue weighted by Gasteiger charge is -2.21. The molecule has 1 heterocycles. The minimum atomic E-state index is -3.13. The summed E-state index contributed by atoms with van der Waals surface area (Å²) in [5, 5.41) is 0. The summed E-state index contributed by atoms with van der Waals surface area (Å²) in [5.41, 5.74) is 7.13. The first-order valence-electron chi connectivity index (χ1n) is 7.81. The molecule has 2 rings (SSSR count). The SMILES string of the molecule is CS(=O)(=O)c1ccc(CCN=C(N)N2CCCCCC2)cc1. The fourth-order valence-electron chi connectivity index (χ4n) is 2.60. The van der Waals surface area contributed by atoms with Crippen molar-refractivity contribution < 1.29 is 8.42 Å². The molecule has 22 heavy (non-hydrogen) atoms. The van der Waals surface area contributed by atoms with E-state index in [1.165, 1.54) is 31.9 Å². The number of guanidine groups is 1. The number of nitrogens with zero attached hydrogens (tertiary/aromatic N) is 2. The minimum Gasteiger partial charge on any atom is -0.370 e. The molecule has 5 nitrogen and oxygen atoms in total. The summed E-state index contributed by atoms with van der Waals surface area (Å²) in [7, 11) is -3.13. The van der Waals surface area contributed by atoms with Crippen molar-refractivity contribution in [1.82, 2.24) is 4.90 Å². The van der Waals surface area contributed by atoms with Crippen molar-refractivity contribution in [3.05, 3.63) is 29.8 Å². The molecule has 0 amide bonds. The molecule has 0 spiro atoms. The van der Waals surface area contributed by atoms with E-state index in [1.54, 1.807) is 12.1 Å². The van der Waals surface area contributed by atoms with Crippen LogP contribution < -0.4 is 5.73 Å². The summed E-state index contributed by atoms with van der Waals surface area (Å²) in [6.07, 6.45) is 6.89.